The van der Waals surface area contributed by atoms with E-state index in [0.29, 0.717) is 25.0 Å². The summed E-state index contributed by atoms with van der Waals surface area (Å²) in [6.45, 7) is 5.61. The summed E-state index contributed by atoms with van der Waals surface area (Å²) in [5.74, 6) is 0.994. The molecule has 0 radical (unpaired) electrons. The monoisotopic (exact) mass is 318 g/mol. The second-order valence-corrected chi connectivity index (χ2v) is 6.48. The lowest BCUT2D eigenvalue weighted by Crippen LogP contribution is -2.43. The number of amides is 1. The highest BCUT2D eigenvalue weighted by Crippen LogP contribution is 2.34. The van der Waals surface area contributed by atoms with E-state index >= 15 is 0 Å². The highest BCUT2D eigenvalue weighted by molar-refractivity contribution is 5.79. The number of nitrogens with one attached hydrogen (secondary N) is 1. The summed E-state index contributed by atoms with van der Waals surface area (Å²) in [6.07, 6.45) is 0. The predicted molar refractivity (Wildman–Crippen MR) is 87.9 cm³/mol. The number of rotatable bonds is 6. The normalized spacial score (nSPS) is 27.6. The first kappa shape index (κ1) is 16.4. The van der Waals surface area contributed by atoms with Crippen molar-refractivity contribution in [1.82, 2.24) is 10.2 Å². The van der Waals surface area contributed by atoms with E-state index in [-0.39, 0.29) is 11.8 Å². The van der Waals surface area contributed by atoms with Crippen LogP contribution in [-0.4, -0.2) is 57.3 Å². The van der Waals surface area contributed by atoms with Crippen molar-refractivity contribution in [2.75, 3.05) is 46.5 Å². The minimum absolute atomic E-state index is 0.00557. The molecule has 0 bridgehead atoms. The fraction of sp³-hybridized carbons (Fsp3) is 0.611. The molecule has 1 aromatic carbocycles. The van der Waals surface area contributed by atoms with E-state index in [1.807, 2.05) is 18.2 Å². The number of ether oxygens (including phenoxy) is 2. The Kier molecular flexibility index (Phi) is 5.65. The average Bonchev–Trinajstić information content (AvgIpc) is 3.02. The molecule has 1 N–H and O–H groups in total. The highest BCUT2D eigenvalue weighted by atomic mass is 16.5. The van der Waals surface area contributed by atoms with Gasteiger partial charge in [0.05, 0.1) is 32.3 Å². The van der Waals surface area contributed by atoms with Crippen LogP contribution >= 0.6 is 0 Å². The molecule has 0 aliphatic carbocycles. The maximum Gasteiger partial charge on any atom is 0.225 e. The Labute approximate surface area is 137 Å². The van der Waals surface area contributed by atoms with Gasteiger partial charge >= 0.3 is 0 Å². The van der Waals surface area contributed by atoms with Crippen LogP contribution in [0.2, 0.25) is 0 Å². The van der Waals surface area contributed by atoms with E-state index in [4.69, 9.17) is 9.47 Å². The van der Waals surface area contributed by atoms with Gasteiger partial charge < -0.3 is 19.7 Å². The third-order valence-electron chi connectivity index (χ3n) is 4.96. The van der Waals surface area contributed by atoms with Crippen molar-refractivity contribution in [2.45, 2.75) is 6.61 Å². The zero-order chi connectivity index (χ0) is 16.1. The number of carbonyl (C=O) groups excluding carboxylic acids is 1. The Hall–Kier alpha value is -1.43. The maximum atomic E-state index is 12.0. The lowest BCUT2D eigenvalue weighted by molar-refractivity contribution is -0.133. The summed E-state index contributed by atoms with van der Waals surface area (Å²) in [6, 6.07) is 10.2. The van der Waals surface area contributed by atoms with Crippen molar-refractivity contribution in [3.63, 3.8) is 0 Å². The van der Waals surface area contributed by atoms with Crippen LogP contribution in [0.25, 0.3) is 0 Å². The van der Waals surface area contributed by atoms with Crippen LogP contribution in [0.1, 0.15) is 5.56 Å². The molecule has 3 atom stereocenters. The SMILES string of the molecule is CNC(=O)[C@@H]1COC[C@H]2CN(CCOCc3ccccc3)C[C@H]21. The Morgan fingerprint density at radius 1 is 1.30 bits per heavy atom. The molecule has 23 heavy (non-hydrogen) atoms. The van der Waals surface area contributed by atoms with Crippen molar-refractivity contribution in [2.24, 2.45) is 17.8 Å². The van der Waals surface area contributed by atoms with Crippen molar-refractivity contribution < 1.29 is 14.3 Å². The van der Waals surface area contributed by atoms with Crippen molar-refractivity contribution in [1.29, 1.82) is 0 Å². The molecule has 5 heteroatoms. The van der Waals surface area contributed by atoms with Crippen molar-refractivity contribution in [3.05, 3.63) is 35.9 Å². The molecular formula is C18H26N2O3. The minimum atomic E-state index is -0.00557. The number of hydrogen-bond acceptors (Lipinski definition) is 4. The molecule has 2 aliphatic heterocycles. The van der Waals surface area contributed by atoms with Gasteiger partial charge in [-0.15, -0.1) is 0 Å². The Balaban J connectivity index is 1.43. The van der Waals surface area contributed by atoms with Gasteiger partial charge in [0.15, 0.2) is 0 Å². The molecule has 126 valence electrons. The highest BCUT2D eigenvalue weighted by Gasteiger charge is 2.43. The van der Waals surface area contributed by atoms with Crippen molar-refractivity contribution >= 4 is 5.91 Å². The molecule has 2 saturated heterocycles. The van der Waals surface area contributed by atoms with Crippen molar-refractivity contribution in [3.8, 4) is 0 Å². The molecule has 2 fully saturated rings. The van der Waals surface area contributed by atoms with Crippen LogP contribution in [0, 0.1) is 17.8 Å². The molecule has 0 spiro atoms. The smallest absolute Gasteiger partial charge is 0.225 e. The fourth-order valence-electron chi connectivity index (χ4n) is 3.69. The first-order valence-corrected chi connectivity index (χ1v) is 8.41. The van der Waals surface area contributed by atoms with Gasteiger partial charge in [-0.2, -0.15) is 0 Å². The number of nitrogens with zero attached hydrogens (tertiary/aromatic N) is 1. The summed E-state index contributed by atoms with van der Waals surface area (Å²) < 4.78 is 11.4. The predicted octanol–water partition coefficient (Wildman–Crippen LogP) is 1.14. The largest absolute Gasteiger partial charge is 0.380 e. The number of likely N-dealkylation sites (tertiary alicyclic amines) is 1. The van der Waals surface area contributed by atoms with Crippen LogP contribution in [0.3, 0.4) is 0 Å². The Morgan fingerprint density at radius 2 is 2.13 bits per heavy atom. The fourth-order valence-corrected chi connectivity index (χ4v) is 3.69. The van der Waals surface area contributed by atoms with Gasteiger partial charge in [0, 0.05) is 26.7 Å². The van der Waals surface area contributed by atoms with Gasteiger partial charge in [-0.3, -0.25) is 4.79 Å². The van der Waals surface area contributed by atoms with Crippen LogP contribution in [0.5, 0.6) is 0 Å². The summed E-state index contributed by atoms with van der Waals surface area (Å²) in [5, 5.41) is 2.77. The van der Waals surface area contributed by atoms with E-state index in [2.05, 4.69) is 22.3 Å². The average molecular weight is 318 g/mol. The van der Waals surface area contributed by atoms with E-state index in [1.54, 1.807) is 7.05 Å². The molecule has 0 saturated carbocycles. The quantitative estimate of drug-likeness (QED) is 0.799. The van der Waals surface area contributed by atoms with Crippen LogP contribution in [0.15, 0.2) is 30.3 Å². The molecule has 0 aromatic heterocycles. The van der Waals surface area contributed by atoms with Gasteiger partial charge in [0.1, 0.15) is 0 Å². The van der Waals surface area contributed by atoms with Gasteiger partial charge in [-0.25, -0.2) is 0 Å². The topological polar surface area (TPSA) is 50.8 Å². The Morgan fingerprint density at radius 3 is 2.91 bits per heavy atom. The van der Waals surface area contributed by atoms with E-state index in [9.17, 15) is 4.79 Å². The lowest BCUT2D eigenvalue weighted by atomic mass is 9.82. The lowest BCUT2D eigenvalue weighted by Gasteiger charge is -2.31. The number of hydrogen-bond donors (Lipinski definition) is 1. The number of carbonyl (C=O) groups is 1. The number of fused-ring (bicyclic) bond motifs is 1. The Bertz CT molecular complexity index is 508. The second kappa shape index (κ2) is 7.90. The summed E-state index contributed by atoms with van der Waals surface area (Å²) >= 11 is 0. The zero-order valence-corrected chi connectivity index (χ0v) is 13.7. The zero-order valence-electron chi connectivity index (χ0n) is 13.7. The molecule has 2 aliphatic rings. The molecule has 1 amide bonds. The third kappa shape index (κ3) is 4.10. The second-order valence-electron chi connectivity index (χ2n) is 6.48. The molecule has 1 aromatic rings. The molecule has 3 rings (SSSR count). The molecule has 0 unspecified atom stereocenters. The molecule has 5 nitrogen and oxygen atoms in total. The first-order chi connectivity index (χ1) is 11.3. The maximum absolute atomic E-state index is 12.0. The van der Waals surface area contributed by atoms with E-state index in [1.165, 1.54) is 5.56 Å². The van der Waals surface area contributed by atoms with Gasteiger partial charge in [0.2, 0.25) is 5.91 Å². The standard InChI is InChI=1S/C18H26N2O3/c1-19-18(21)17-13-23-12-15-9-20(10-16(15)17)7-8-22-11-14-5-3-2-4-6-14/h2-6,15-17H,7-13H2,1H3,(H,19,21)/t15-,16-,17-/m1/s1. The minimum Gasteiger partial charge on any atom is -0.380 e. The molecular weight excluding hydrogens is 292 g/mol. The van der Waals surface area contributed by atoms with Crippen LogP contribution in [-0.2, 0) is 20.9 Å². The van der Waals surface area contributed by atoms with E-state index in [0.717, 1.165) is 32.8 Å². The first-order valence-electron chi connectivity index (χ1n) is 8.41. The van der Waals surface area contributed by atoms with Gasteiger partial charge in [0.25, 0.3) is 0 Å². The molecule has 2 heterocycles. The number of benzene rings is 1. The summed E-state index contributed by atoms with van der Waals surface area (Å²) in [4.78, 5) is 14.4. The van der Waals surface area contributed by atoms with E-state index < -0.39 is 0 Å². The summed E-state index contributed by atoms with van der Waals surface area (Å²) in [7, 11) is 1.70. The van der Waals surface area contributed by atoms with Gasteiger partial charge in [-0.1, -0.05) is 30.3 Å². The summed E-state index contributed by atoms with van der Waals surface area (Å²) in [5.41, 5.74) is 1.20. The third-order valence-corrected chi connectivity index (χ3v) is 4.96. The van der Waals surface area contributed by atoms with Crippen LogP contribution < -0.4 is 5.32 Å². The van der Waals surface area contributed by atoms with Crippen LogP contribution in [0.4, 0.5) is 0 Å². The van der Waals surface area contributed by atoms with Gasteiger partial charge in [-0.05, 0) is 17.4 Å².